The molecule has 0 fully saturated rings. The maximum atomic E-state index is 5.83. The first-order chi connectivity index (χ1) is 8.11. The van der Waals surface area contributed by atoms with Crippen molar-refractivity contribution in [1.82, 2.24) is 4.98 Å². The van der Waals surface area contributed by atoms with E-state index in [1.54, 1.807) is 0 Å². The van der Waals surface area contributed by atoms with E-state index in [0.29, 0.717) is 11.8 Å². The van der Waals surface area contributed by atoms with Gasteiger partial charge in [0, 0.05) is 18.2 Å². The maximum Gasteiger partial charge on any atom is 0.130 e. The standard InChI is InChI=1S/C15H21NO/c1-10(2)12-6-5-9-17-13-7-8-16-15(11(3)4)14(12)13/h6-8,10-11H,5,9H2,1-4H3. The van der Waals surface area contributed by atoms with Gasteiger partial charge < -0.3 is 4.74 Å². The highest BCUT2D eigenvalue weighted by Crippen LogP contribution is 2.37. The van der Waals surface area contributed by atoms with E-state index in [-0.39, 0.29) is 0 Å². The van der Waals surface area contributed by atoms with Crippen LogP contribution in [0.3, 0.4) is 0 Å². The summed E-state index contributed by atoms with van der Waals surface area (Å²) >= 11 is 0. The molecule has 0 atom stereocenters. The van der Waals surface area contributed by atoms with Crippen molar-refractivity contribution in [3.63, 3.8) is 0 Å². The molecule has 2 nitrogen and oxygen atoms in total. The third kappa shape index (κ3) is 2.36. The smallest absolute Gasteiger partial charge is 0.130 e. The fourth-order valence-corrected chi connectivity index (χ4v) is 2.32. The summed E-state index contributed by atoms with van der Waals surface area (Å²) in [5.74, 6) is 1.94. The summed E-state index contributed by atoms with van der Waals surface area (Å²) in [6.45, 7) is 9.61. The van der Waals surface area contributed by atoms with Gasteiger partial charge in [-0.2, -0.15) is 0 Å². The van der Waals surface area contributed by atoms with Crippen LogP contribution in [-0.4, -0.2) is 11.6 Å². The molecular weight excluding hydrogens is 210 g/mol. The maximum absolute atomic E-state index is 5.83. The molecule has 0 aromatic carbocycles. The van der Waals surface area contributed by atoms with Crippen LogP contribution < -0.4 is 4.74 Å². The summed E-state index contributed by atoms with van der Waals surface area (Å²) in [7, 11) is 0. The van der Waals surface area contributed by atoms with Crippen molar-refractivity contribution < 1.29 is 4.74 Å². The van der Waals surface area contributed by atoms with Crippen molar-refractivity contribution in [3.05, 3.63) is 29.6 Å². The van der Waals surface area contributed by atoms with Crippen LogP contribution in [-0.2, 0) is 0 Å². The molecule has 2 heteroatoms. The Morgan fingerprint density at radius 1 is 1.18 bits per heavy atom. The lowest BCUT2D eigenvalue weighted by molar-refractivity contribution is 0.325. The highest BCUT2D eigenvalue weighted by molar-refractivity contribution is 5.74. The fourth-order valence-electron chi connectivity index (χ4n) is 2.32. The fraction of sp³-hybridized carbons (Fsp3) is 0.533. The van der Waals surface area contributed by atoms with Gasteiger partial charge in [-0.3, -0.25) is 4.98 Å². The number of nitrogens with zero attached hydrogens (tertiary/aromatic N) is 1. The van der Waals surface area contributed by atoms with Crippen molar-refractivity contribution in [3.8, 4) is 5.75 Å². The second-order valence-electron chi connectivity index (χ2n) is 5.18. The molecule has 0 saturated carbocycles. The lowest BCUT2D eigenvalue weighted by Crippen LogP contribution is -2.05. The van der Waals surface area contributed by atoms with E-state index in [2.05, 4.69) is 38.8 Å². The molecule has 1 aromatic heterocycles. The summed E-state index contributed by atoms with van der Waals surface area (Å²) in [5, 5.41) is 0. The van der Waals surface area contributed by atoms with Gasteiger partial charge in [0.1, 0.15) is 5.75 Å². The molecule has 0 saturated heterocycles. The van der Waals surface area contributed by atoms with Gasteiger partial charge in [0.2, 0.25) is 0 Å². The van der Waals surface area contributed by atoms with Crippen LogP contribution in [0.25, 0.3) is 5.57 Å². The zero-order chi connectivity index (χ0) is 12.4. The van der Waals surface area contributed by atoms with Crippen LogP contribution in [0.2, 0.25) is 0 Å². The average Bonchev–Trinajstić information content (AvgIpc) is 2.50. The van der Waals surface area contributed by atoms with Crippen molar-refractivity contribution >= 4 is 5.57 Å². The third-order valence-corrected chi connectivity index (χ3v) is 3.14. The zero-order valence-corrected chi connectivity index (χ0v) is 11.2. The number of aromatic nitrogens is 1. The van der Waals surface area contributed by atoms with E-state index >= 15 is 0 Å². The largest absolute Gasteiger partial charge is 0.493 e. The Hall–Kier alpha value is -1.31. The minimum Gasteiger partial charge on any atom is -0.493 e. The van der Waals surface area contributed by atoms with Gasteiger partial charge in [0.05, 0.1) is 12.3 Å². The van der Waals surface area contributed by atoms with Crippen LogP contribution in [0.15, 0.2) is 18.3 Å². The van der Waals surface area contributed by atoms with E-state index < -0.39 is 0 Å². The Morgan fingerprint density at radius 3 is 2.59 bits per heavy atom. The highest BCUT2D eigenvalue weighted by Gasteiger charge is 2.21. The van der Waals surface area contributed by atoms with Gasteiger partial charge in [-0.05, 0) is 23.5 Å². The molecule has 0 spiro atoms. The van der Waals surface area contributed by atoms with E-state index in [1.807, 2.05) is 12.3 Å². The van der Waals surface area contributed by atoms with E-state index in [1.165, 1.54) is 11.1 Å². The summed E-state index contributed by atoms with van der Waals surface area (Å²) in [5.41, 5.74) is 3.77. The van der Waals surface area contributed by atoms with E-state index in [9.17, 15) is 0 Å². The van der Waals surface area contributed by atoms with Gasteiger partial charge in [-0.1, -0.05) is 33.8 Å². The first-order valence-electron chi connectivity index (χ1n) is 6.43. The molecule has 92 valence electrons. The van der Waals surface area contributed by atoms with Crippen molar-refractivity contribution in [2.75, 3.05) is 6.61 Å². The molecule has 2 rings (SSSR count). The normalized spacial score (nSPS) is 15.3. The number of pyridine rings is 1. The predicted octanol–water partition coefficient (Wildman–Crippen LogP) is 4.03. The number of allylic oxidation sites excluding steroid dienone is 1. The SMILES string of the molecule is CC(C)C1=CCCOc2ccnc(C(C)C)c21. The van der Waals surface area contributed by atoms with Crippen LogP contribution in [0.1, 0.15) is 51.3 Å². The van der Waals surface area contributed by atoms with Gasteiger partial charge >= 0.3 is 0 Å². The lowest BCUT2D eigenvalue weighted by Gasteiger charge is -2.19. The molecule has 0 amide bonds. The Labute approximate surface area is 104 Å². The van der Waals surface area contributed by atoms with E-state index in [4.69, 9.17) is 4.74 Å². The molecule has 1 aliphatic rings. The Morgan fingerprint density at radius 2 is 1.94 bits per heavy atom. The molecule has 0 unspecified atom stereocenters. The Kier molecular flexibility index (Phi) is 3.51. The van der Waals surface area contributed by atoms with Crippen LogP contribution in [0.5, 0.6) is 5.75 Å². The van der Waals surface area contributed by atoms with Crippen LogP contribution in [0, 0.1) is 5.92 Å². The highest BCUT2D eigenvalue weighted by atomic mass is 16.5. The number of rotatable bonds is 2. The summed E-state index contributed by atoms with van der Waals surface area (Å²) in [6, 6.07) is 1.99. The molecule has 0 bridgehead atoms. The zero-order valence-electron chi connectivity index (χ0n) is 11.2. The second kappa shape index (κ2) is 4.91. The molecule has 0 N–H and O–H groups in total. The monoisotopic (exact) mass is 231 g/mol. The molecule has 0 aliphatic carbocycles. The second-order valence-corrected chi connectivity index (χ2v) is 5.18. The number of hydrogen-bond donors (Lipinski definition) is 0. The summed E-state index contributed by atoms with van der Waals surface area (Å²) < 4.78 is 5.83. The number of ether oxygens (including phenoxy) is 1. The molecule has 2 heterocycles. The van der Waals surface area contributed by atoms with Gasteiger partial charge in [0.15, 0.2) is 0 Å². The van der Waals surface area contributed by atoms with Crippen molar-refractivity contribution in [1.29, 1.82) is 0 Å². The predicted molar refractivity (Wildman–Crippen MR) is 71.3 cm³/mol. The molecule has 1 aromatic rings. The van der Waals surface area contributed by atoms with Gasteiger partial charge in [0.25, 0.3) is 0 Å². The van der Waals surface area contributed by atoms with Gasteiger partial charge in [-0.25, -0.2) is 0 Å². The Bertz CT molecular complexity index is 433. The Balaban J connectivity index is 2.61. The average molecular weight is 231 g/mol. The van der Waals surface area contributed by atoms with Gasteiger partial charge in [-0.15, -0.1) is 0 Å². The van der Waals surface area contributed by atoms with Crippen molar-refractivity contribution in [2.45, 2.75) is 40.0 Å². The van der Waals surface area contributed by atoms with Crippen LogP contribution in [0.4, 0.5) is 0 Å². The minimum atomic E-state index is 0.425. The minimum absolute atomic E-state index is 0.425. The molecule has 1 aliphatic heterocycles. The topological polar surface area (TPSA) is 22.1 Å². The van der Waals surface area contributed by atoms with E-state index in [0.717, 1.165) is 24.5 Å². The summed E-state index contributed by atoms with van der Waals surface area (Å²) in [6.07, 6.45) is 5.15. The molecule has 0 radical (unpaired) electrons. The third-order valence-electron chi connectivity index (χ3n) is 3.14. The van der Waals surface area contributed by atoms with Crippen molar-refractivity contribution in [2.24, 2.45) is 5.92 Å². The molecule has 17 heavy (non-hydrogen) atoms. The quantitative estimate of drug-likeness (QED) is 0.766. The summed E-state index contributed by atoms with van der Waals surface area (Å²) in [4.78, 5) is 4.54. The number of fused-ring (bicyclic) bond motifs is 1. The first kappa shape index (κ1) is 12.2. The number of hydrogen-bond acceptors (Lipinski definition) is 2. The first-order valence-corrected chi connectivity index (χ1v) is 6.43. The lowest BCUT2D eigenvalue weighted by atomic mass is 9.90. The molecular formula is C15H21NO. The van der Waals surface area contributed by atoms with Crippen LogP contribution >= 0.6 is 0 Å².